The third kappa shape index (κ3) is 3.26. The van der Waals surface area contributed by atoms with Crippen LogP contribution in [0.1, 0.15) is 16.1 Å². The molecule has 2 aromatic rings. The highest BCUT2D eigenvalue weighted by atomic mass is 35.5. The second-order valence-electron chi connectivity index (χ2n) is 4.05. The summed E-state index contributed by atoms with van der Waals surface area (Å²) in [5.41, 5.74) is 0.633. The van der Waals surface area contributed by atoms with Gasteiger partial charge in [0.25, 0.3) is 0 Å². The summed E-state index contributed by atoms with van der Waals surface area (Å²) in [4.78, 5) is 16.0. The van der Waals surface area contributed by atoms with Crippen LogP contribution in [0.4, 0.5) is 4.39 Å². The molecule has 0 amide bonds. The molecule has 0 bridgehead atoms. The van der Waals surface area contributed by atoms with E-state index in [0.29, 0.717) is 10.6 Å². The molecule has 0 N–H and O–H groups in total. The summed E-state index contributed by atoms with van der Waals surface area (Å²) in [6.07, 6.45) is 1.34. The first kappa shape index (κ1) is 14.8. The number of pyridine rings is 1. The molecule has 3 nitrogen and oxygen atoms in total. The molecular weight excluding hydrogens is 304 g/mol. The number of carbonyl (C=O) groups excluding carboxylic acids is 1. The summed E-state index contributed by atoms with van der Waals surface area (Å²) in [7, 11) is 1.38. The highest BCUT2D eigenvalue weighted by Gasteiger charge is 2.14. The third-order valence-electron chi connectivity index (χ3n) is 2.65. The number of hydrogen-bond donors (Lipinski definition) is 0. The highest BCUT2D eigenvalue weighted by Crippen LogP contribution is 2.22. The molecule has 0 fully saturated rings. The molecule has 1 aromatic carbocycles. The Kier molecular flexibility index (Phi) is 4.57. The van der Waals surface area contributed by atoms with Crippen molar-refractivity contribution in [2.45, 2.75) is 6.42 Å². The summed E-state index contributed by atoms with van der Waals surface area (Å²) in [5, 5.41) is 0.526. The number of nitrogens with zero attached hydrogens (tertiary/aromatic N) is 1. The van der Waals surface area contributed by atoms with E-state index in [1.165, 1.54) is 31.5 Å². The van der Waals surface area contributed by atoms with Gasteiger partial charge in [0.05, 0.1) is 17.2 Å². The molecule has 0 atom stereocenters. The summed E-state index contributed by atoms with van der Waals surface area (Å²) in [6.45, 7) is 0. The zero-order valence-electron chi connectivity index (χ0n) is 10.5. The van der Waals surface area contributed by atoms with Crippen molar-refractivity contribution < 1.29 is 13.9 Å². The van der Waals surface area contributed by atoms with Crippen LogP contribution in [0, 0.1) is 5.82 Å². The first-order valence-corrected chi connectivity index (χ1v) is 6.43. The van der Waals surface area contributed by atoms with Crippen molar-refractivity contribution in [2.24, 2.45) is 0 Å². The maximum Gasteiger partial charge on any atom is 0.187 e. The molecule has 1 heterocycles. The van der Waals surface area contributed by atoms with E-state index in [2.05, 4.69) is 4.98 Å². The van der Waals surface area contributed by atoms with E-state index in [4.69, 9.17) is 27.9 Å². The minimum atomic E-state index is -0.520. The van der Waals surface area contributed by atoms with Crippen LogP contribution in [0.5, 0.6) is 5.75 Å². The lowest BCUT2D eigenvalue weighted by molar-refractivity contribution is 0.0988. The molecule has 1 aromatic heterocycles. The van der Waals surface area contributed by atoms with E-state index in [9.17, 15) is 9.18 Å². The van der Waals surface area contributed by atoms with Gasteiger partial charge in [0.2, 0.25) is 0 Å². The molecule has 0 aliphatic heterocycles. The zero-order valence-corrected chi connectivity index (χ0v) is 12.0. The first-order valence-electron chi connectivity index (χ1n) is 5.68. The molecule has 0 aliphatic carbocycles. The molecule has 0 unspecified atom stereocenters. The van der Waals surface area contributed by atoms with Gasteiger partial charge in [-0.3, -0.25) is 4.79 Å². The van der Waals surface area contributed by atoms with Crippen LogP contribution in [-0.4, -0.2) is 17.9 Å². The molecular formula is C14H10Cl2FNO2. The van der Waals surface area contributed by atoms with Gasteiger partial charge in [0.1, 0.15) is 5.69 Å². The van der Waals surface area contributed by atoms with Crippen molar-refractivity contribution in [2.75, 3.05) is 7.11 Å². The van der Waals surface area contributed by atoms with Crippen LogP contribution in [0.25, 0.3) is 0 Å². The second-order valence-corrected chi connectivity index (χ2v) is 4.90. The van der Waals surface area contributed by atoms with E-state index in [1.807, 2.05) is 0 Å². The first-order chi connectivity index (χ1) is 9.51. The van der Waals surface area contributed by atoms with Gasteiger partial charge >= 0.3 is 0 Å². The van der Waals surface area contributed by atoms with Crippen molar-refractivity contribution in [1.29, 1.82) is 0 Å². The number of ether oxygens (including phenoxy) is 1. The number of halogens is 3. The lowest BCUT2D eigenvalue weighted by Gasteiger charge is -2.06. The maximum atomic E-state index is 13.5. The summed E-state index contributed by atoms with van der Waals surface area (Å²) < 4.78 is 18.4. The van der Waals surface area contributed by atoms with Gasteiger partial charge in [-0.05, 0) is 23.8 Å². The minimum absolute atomic E-state index is 0.00470. The van der Waals surface area contributed by atoms with Crippen molar-refractivity contribution >= 4 is 29.0 Å². The van der Waals surface area contributed by atoms with Gasteiger partial charge in [-0.1, -0.05) is 29.3 Å². The van der Waals surface area contributed by atoms with Gasteiger partial charge < -0.3 is 4.74 Å². The number of hydrogen-bond acceptors (Lipinski definition) is 3. The normalized spacial score (nSPS) is 10.4. The lowest BCUT2D eigenvalue weighted by Crippen LogP contribution is -2.07. The Labute approximate surface area is 125 Å². The Morgan fingerprint density at radius 3 is 2.70 bits per heavy atom. The number of rotatable bonds is 4. The predicted molar refractivity (Wildman–Crippen MR) is 75.2 cm³/mol. The van der Waals surface area contributed by atoms with Gasteiger partial charge in [-0.15, -0.1) is 0 Å². The molecule has 2 rings (SSSR count). The van der Waals surface area contributed by atoms with Gasteiger partial charge in [0, 0.05) is 12.6 Å². The Bertz CT molecular complexity index is 662. The van der Waals surface area contributed by atoms with Crippen LogP contribution in [0.3, 0.4) is 0 Å². The predicted octanol–water partition coefficient (Wildman–Crippen LogP) is 3.96. The van der Waals surface area contributed by atoms with Crippen LogP contribution >= 0.6 is 23.2 Å². The minimum Gasteiger partial charge on any atom is -0.494 e. The highest BCUT2D eigenvalue weighted by molar-refractivity contribution is 6.36. The smallest absolute Gasteiger partial charge is 0.187 e. The topological polar surface area (TPSA) is 39.2 Å². The monoisotopic (exact) mass is 313 g/mol. The van der Waals surface area contributed by atoms with Gasteiger partial charge in [-0.25, -0.2) is 9.37 Å². The van der Waals surface area contributed by atoms with Crippen molar-refractivity contribution in [1.82, 2.24) is 4.98 Å². The third-order valence-corrected chi connectivity index (χ3v) is 3.15. The maximum absolute atomic E-state index is 13.5. The van der Waals surface area contributed by atoms with Gasteiger partial charge in [0.15, 0.2) is 17.3 Å². The number of aromatic nitrogens is 1. The molecule has 0 saturated carbocycles. The number of methoxy groups -OCH3 is 1. The molecule has 20 heavy (non-hydrogen) atoms. The average Bonchev–Trinajstić information content (AvgIpc) is 2.38. The summed E-state index contributed by atoms with van der Waals surface area (Å²) in [6, 6.07) is 5.77. The van der Waals surface area contributed by atoms with Crippen molar-refractivity contribution in [3.63, 3.8) is 0 Å². The van der Waals surface area contributed by atoms with E-state index >= 15 is 0 Å². The average molecular weight is 314 g/mol. The zero-order chi connectivity index (χ0) is 14.7. The largest absolute Gasteiger partial charge is 0.494 e. The van der Waals surface area contributed by atoms with Gasteiger partial charge in [-0.2, -0.15) is 0 Å². The summed E-state index contributed by atoms with van der Waals surface area (Å²) >= 11 is 11.6. The van der Waals surface area contributed by atoms with Crippen molar-refractivity contribution in [3.8, 4) is 5.75 Å². The number of benzene rings is 1. The van der Waals surface area contributed by atoms with E-state index in [1.54, 1.807) is 6.07 Å². The second kappa shape index (κ2) is 6.20. The Morgan fingerprint density at radius 2 is 2.10 bits per heavy atom. The van der Waals surface area contributed by atoms with Crippen molar-refractivity contribution in [3.05, 3.63) is 57.6 Å². The number of carbonyl (C=O) groups is 1. The van der Waals surface area contributed by atoms with E-state index in [0.717, 1.165) is 0 Å². The quantitative estimate of drug-likeness (QED) is 0.802. The molecule has 0 spiro atoms. The molecule has 0 radical (unpaired) electrons. The van der Waals surface area contributed by atoms with Crippen LogP contribution in [0.15, 0.2) is 30.5 Å². The molecule has 104 valence electrons. The SMILES string of the molecule is COc1ccc(CC(=O)c2ncc(Cl)cc2Cl)cc1F. The number of Topliss-reactive ketones (excluding diaryl/α,β-unsaturated/α-hetero) is 1. The van der Waals surface area contributed by atoms with Crippen LogP contribution < -0.4 is 4.74 Å². The molecule has 6 heteroatoms. The van der Waals surface area contributed by atoms with E-state index in [-0.39, 0.29) is 28.7 Å². The number of ketones is 1. The fraction of sp³-hybridized carbons (Fsp3) is 0.143. The Hall–Kier alpha value is -1.65. The standard InChI is InChI=1S/C14H10Cl2FNO2/c1-20-13-3-2-8(4-11(13)17)5-12(19)14-10(16)6-9(15)7-18-14/h2-4,6-7H,5H2,1H3. The van der Waals surface area contributed by atoms with Crippen LogP contribution in [0.2, 0.25) is 10.0 Å². The van der Waals surface area contributed by atoms with E-state index < -0.39 is 5.82 Å². The molecule has 0 saturated heterocycles. The molecule has 0 aliphatic rings. The fourth-order valence-corrected chi connectivity index (χ4v) is 2.19. The van der Waals surface area contributed by atoms with Crippen LogP contribution in [-0.2, 0) is 6.42 Å². The summed E-state index contributed by atoms with van der Waals surface area (Å²) in [5.74, 6) is -0.701. The lowest BCUT2D eigenvalue weighted by atomic mass is 10.1. The fourth-order valence-electron chi connectivity index (χ4n) is 1.71. The Balaban J connectivity index is 2.21. The Morgan fingerprint density at radius 1 is 1.35 bits per heavy atom.